The molecule has 5 heteroatoms. The standard InChI is InChI=1S/C15H20N2O3/c1-3-20-15(19)10-12(2)17-9-8-16-11-13-6-4-5-7-14(13)18/h4-7,11,18H,3,8-10H2,1-2H3. The van der Waals surface area contributed by atoms with Crippen molar-refractivity contribution < 1.29 is 14.6 Å². The summed E-state index contributed by atoms with van der Waals surface area (Å²) in [6.45, 7) is 4.97. The molecule has 0 bridgehead atoms. The highest BCUT2D eigenvalue weighted by atomic mass is 16.5. The van der Waals surface area contributed by atoms with Crippen LogP contribution in [0.2, 0.25) is 0 Å². The van der Waals surface area contributed by atoms with Gasteiger partial charge in [-0.25, -0.2) is 0 Å². The van der Waals surface area contributed by atoms with Crippen molar-refractivity contribution in [2.24, 2.45) is 9.98 Å². The number of aliphatic imine (C=N–C) groups is 2. The second-order valence-electron chi connectivity index (χ2n) is 4.19. The van der Waals surface area contributed by atoms with Gasteiger partial charge in [0.05, 0.1) is 26.1 Å². The predicted octanol–water partition coefficient (Wildman–Crippen LogP) is 2.23. The summed E-state index contributed by atoms with van der Waals surface area (Å²) in [6.07, 6.45) is 1.84. The lowest BCUT2D eigenvalue weighted by molar-refractivity contribution is -0.141. The van der Waals surface area contributed by atoms with Crippen LogP contribution in [0, 0.1) is 0 Å². The van der Waals surface area contributed by atoms with E-state index in [4.69, 9.17) is 4.74 Å². The third-order valence-corrected chi connectivity index (χ3v) is 2.48. The van der Waals surface area contributed by atoms with Crippen molar-refractivity contribution in [2.75, 3.05) is 19.7 Å². The molecule has 0 saturated heterocycles. The van der Waals surface area contributed by atoms with Crippen LogP contribution in [-0.4, -0.2) is 42.7 Å². The Balaban J connectivity index is 2.34. The number of esters is 1. The van der Waals surface area contributed by atoms with Gasteiger partial charge in [0.2, 0.25) is 0 Å². The lowest BCUT2D eigenvalue weighted by Gasteiger charge is -2.01. The fourth-order valence-electron chi connectivity index (χ4n) is 1.53. The Morgan fingerprint density at radius 2 is 2.10 bits per heavy atom. The molecule has 1 aromatic carbocycles. The molecule has 1 N–H and O–H groups in total. The SMILES string of the molecule is CCOC(=O)CC(C)=NCCN=Cc1ccccc1O. The topological polar surface area (TPSA) is 71.2 Å². The second-order valence-corrected chi connectivity index (χ2v) is 4.19. The van der Waals surface area contributed by atoms with Crippen molar-refractivity contribution in [1.82, 2.24) is 0 Å². The Kier molecular flexibility index (Phi) is 7.03. The maximum Gasteiger partial charge on any atom is 0.311 e. The van der Waals surface area contributed by atoms with Gasteiger partial charge in [0.25, 0.3) is 0 Å². The molecule has 0 atom stereocenters. The van der Waals surface area contributed by atoms with Gasteiger partial charge >= 0.3 is 5.97 Å². The van der Waals surface area contributed by atoms with Crippen LogP contribution in [0.4, 0.5) is 0 Å². The zero-order valence-electron chi connectivity index (χ0n) is 11.9. The molecule has 5 nitrogen and oxygen atoms in total. The van der Waals surface area contributed by atoms with Gasteiger partial charge < -0.3 is 9.84 Å². The predicted molar refractivity (Wildman–Crippen MR) is 79.8 cm³/mol. The average molecular weight is 276 g/mol. The Labute approximate surface area is 119 Å². The van der Waals surface area contributed by atoms with Crippen LogP contribution in [-0.2, 0) is 9.53 Å². The van der Waals surface area contributed by atoms with E-state index in [1.165, 1.54) is 0 Å². The van der Waals surface area contributed by atoms with Crippen molar-refractivity contribution in [3.8, 4) is 5.75 Å². The van der Waals surface area contributed by atoms with E-state index in [0.29, 0.717) is 25.3 Å². The molecule has 0 aliphatic heterocycles. The highest BCUT2D eigenvalue weighted by molar-refractivity contribution is 5.97. The average Bonchev–Trinajstić information content (AvgIpc) is 2.40. The van der Waals surface area contributed by atoms with Gasteiger partial charge in [-0.05, 0) is 26.0 Å². The summed E-state index contributed by atoms with van der Waals surface area (Å²) in [5.41, 5.74) is 1.42. The minimum atomic E-state index is -0.258. The molecule has 1 rings (SSSR count). The maximum atomic E-state index is 11.2. The zero-order chi connectivity index (χ0) is 14.8. The van der Waals surface area contributed by atoms with Gasteiger partial charge in [-0.15, -0.1) is 0 Å². The first kappa shape index (κ1) is 15.9. The second kappa shape index (κ2) is 8.85. The van der Waals surface area contributed by atoms with E-state index in [1.807, 2.05) is 6.07 Å². The van der Waals surface area contributed by atoms with E-state index in [2.05, 4.69) is 9.98 Å². The van der Waals surface area contributed by atoms with Gasteiger partial charge in [-0.1, -0.05) is 12.1 Å². The van der Waals surface area contributed by atoms with Crippen molar-refractivity contribution in [1.29, 1.82) is 0 Å². The third kappa shape index (κ3) is 6.13. The van der Waals surface area contributed by atoms with Crippen molar-refractivity contribution >= 4 is 17.9 Å². The van der Waals surface area contributed by atoms with Crippen LogP contribution in [0.15, 0.2) is 34.3 Å². The van der Waals surface area contributed by atoms with Crippen LogP contribution in [0.1, 0.15) is 25.8 Å². The fourth-order valence-corrected chi connectivity index (χ4v) is 1.53. The first-order valence-electron chi connectivity index (χ1n) is 6.57. The number of aromatic hydroxyl groups is 1. The normalized spacial score (nSPS) is 11.8. The van der Waals surface area contributed by atoms with Gasteiger partial charge in [0.1, 0.15) is 5.75 Å². The van der Waals surface area contributed by atoms with Gasteiger partial charge in [0.15, 0.2) is 0 Å². The Morgan fingerprint density at radius 1 is 1.35 bits per heavy atom. The summed E-state index contributed by atoms with van der Waals surface area (Å²) >= 11 is 0. The van der Waals surface area contributed by atoms with E-state index in [9.17, 15) is 9.90 Å². The van der Waals surface area contributed by atoms with Crippen molar-refractivity contribution in [3.05, 3.63) is 29.8 Å². The van der Waals surface area contributed by atoms with Crippen molar-refractivity contribution in [3.63, 3.8) is 0 Å². The molecule has 0 aliphatic carbocycles. The monoisotopic (exact) mass is 276 g/mol. The van der Waals surface area contributed by atoms with Crippen molar-refractivity contribution in [2.45, 2.75) is 20.3 Å². The summed E-state index contributed by atoms with van der Waals surface area (Å²) < 4.78 is 4.83. The van der Waals surface area contributed by atoms with Crippen LogP contribution < -0.4 is 0 Å². The molecule has 0 heterocycles. The van der Waals surface area contributed by atoms with Gasteiger partial charge in [0, 0.05) is 17.5 Å². The molecule has 0 aliphatic rings. The van der Waals surface area contributed by atoms with E-state index >= 15 is 0 Å². The molecule has 0 amide bonds. The summed E-state index contributed by atoms with van der Waals surface area (Å²) in [7, 11) is 0. The Hall–Kier alpha value is -2.17. The quantitative estimate of drug-likeness (QED) is 0.471. The number of para-hydroxylation sites is 1. The first-order chi connectivity index (χ1) is 9.63. The number of phenolic OH excluding ortho intramolecular Hbond substituents is 1. The van der Waals surface area contributed by atoms with Crippen LogP contribution >= 0.6 is 0 Å². The molecular weight excluding hydrogens is 256 g/mol. The number of hydrogen-bond acceptors (Lipinski definition) is 5. The largest absolute Gasteiger partial charge is 0.507 e. The first-order valence-corrected chi connectivity index (χ1v) is 6.57. The molecule has 20 heavy (non-hydrogen) atoms. The molecular formula is C15H20N2O3. The molecule has 0 aromatic heterocycles. The summed E-state index contributed by atoms with van der Waals surface area (Å²) in [5, 5.41) is 9.53. The number of ether oxygens (including phenoxy) is 1. The molecule has 108 valence electrons. The maximum absolute atomic E-state index is 11.2. The van der Waals surface area contributed by atoms with E-state index in [0.717, 1.165) is 5.71 Å². The molecule has 1 aromatic rings. The van der Waals surface area contributed by atoms with Gasteiger partial charge in [-0.2, -0.15) is 0 Å². The molecule has 0 radical (unpaired) electrons. The number of carbonyl (C=O) groups excluding carboxylic acids is 1. The Bertz CT molecular complexity index is 496. The van der Waals surface area contributed by atoms with E-state index in [-0.39, 0.29) is 18.1 Å². The minimum absolute atomic E-state index is 0.207. The number of hydrogen-bond donors (Lipinski definition) is 1. The smallest absolute Gasteiger partial charge is 0.311 e. The summed E-state index contributed by atoms with van der Waals surface area (Å²) in [5.74, 6) is -0.0512. The number of nitrogens with zero attached hydrogens (tertiary/aromatic N) is 2. The number of benzene rings is 1. The summed E-state index contributed by atoms with van der Waals surface area (Å²) in [4.78, 5) is 19.6. The van der Waals surface area contributed by atoms with Gasteiger partial charge in [-0.3, -0.25) is 14.8 Å². The van der Waals surface area contributed by atoms with Crippen LogP contribution in [0.3, 0.4) is 0 Å². The van der Waals surface area contributed by atoms with E-state index in [1.54, 1.807) is 38.3 Å². The van der Waals surface area contributed by atoms with Crippen LogP contribution in [0.25, 0.3) is 0 Å². The highest BCUT2D eigenvalue weighted by Crippen LogP contribution is 2.12. The van der Waals surface area contributed by atoms with E-state index < -0.39 is 0 Å². The molecule has 0 spiro atoms. The molecule has 0 saturated carbocycles. The lowest BCUT2D eigenvalue weighted by atomic mass is 10.2. The van der Waals surface area contributed by atoms with Crippen LogP contribution in [0.5, 0.6) is 5.75 Å². The number of carbonyl (C=O) groups is 1. The fraction of sp³-hybridized carbons (Fsp3) is 0.400. The lowest BCUT2D eigenvalue weighted by Crippen LogP contribution is -2.09. The number of phenols is 1. The highest BCUT2D eigenvalue weighted by Gasteiger charge is 2.02. The molecule has 0 unspecified atom stereocenters. The summed E-state index contributed by atoms with van der Waals surface area (Å²) in [6, 6.07) is 7.00. The zero-order valence-corrected chi connectivity index (χ0v) is 11.9. The Morgan fingerprint density at radius 3 is 2.80 bits per heavy atom. The molecule has 0 fully saturated rings. The third-order valence-electron chi connectivity index (χ3n) is 2.48. The number of rotatable bonds is 7. The minimum Gasteiger partial charge on any atom is -0.507 e.